The molecule has 2 aromatic carbocycles. The maximum absolute atomic E-state index is 14.5. The van der Waals surface area contributed by atoms with Crippen molar-refractivity contribution in [1.29, 1.82) is 0 Å². The van der Waals surface area contributed by atoms with E-state index in [1.807, 2.05) is 25.3 Å². The van der Waals surface area contributed by atoms with E-state index in [2.05, 4.69) is 21.4 Å². The Morgan fingerprint density at radius 3 is 2.79 bits per heavy atom. The van der Waals surface area contributed by atoms with Crippen molar-refractivity contribution in [2.45, 2.75) is 12.7 Å². The molecule has 4 aromatic rings. The molecule has 0 atom stereocenters. The van der Waals surface area contributed by atoms with E-state index in [0.717, 1.165) is 23.2 Å². The summed E-state index contributed by atoms with van der Waals surface area (Å²) < 4.78 is 33.8. The van der Waals surface area contributed by atoms with Gasteiger partial charge in [-0.25, -0.2) is 18.7 Å². The van der Waals surface area contributed by atoms with Crippen molar-refractivity contribution >= 4 is 34.4 Å². The van der Waals surface area contributed by atoms with Crippen LogP contribution in [0, 0.1) is 18.6 Å². The predicted octanol–water partition coefficient (Wildman–Crippen LogP) is 6.08. The number of hydrogen-bond donors (Lipinski definition) is 1. The van der Waals surface area contributed by atoms with Gasteiger partial charge < -0.3 is 9.73 Å². The lowest BCUT2D eigenvalue weighted by Crippen LogP contribution is -2.01. The first-order chi connectivity index (χ1) is 13.5. The molecule has 0 aliphatic heterocycles. The highest BCUT2D eigenvalue weighted by molar-refractivity contribution is 7.97. The van der Waals surface area contributed by atoms with Crippen LogP contribution in [0.15, 0.2) is 53.3 Å². The van der Waals surface area contributed by atoms with E-state index in [1.165, 1.54) is 30.0 Å². The zero-order chi connectivity index (χ0) is 19.7. The highest BCUT2D eigenvalue weighted by Gasteiger charge is 2.17. The summed E-state index contributed by atoms with van der Waals surface area (Å²) >= 11 is 1.73. The molecule has 142 valence electrons. The Labute approximate surface area is 165 Å². The molecule has 0 unspecified atom stereocenters. The Bertz CT molecular complexity index is 1160. The number of benzene rings is 2. The molecule has 1 N–H and O–H groups in total. The van der Waals surface area contributed by atoms with Crippen molar-refractivity contribution in [1.82, 2.24) is 9.97 Å². The molecule has 0 amide bonds. The first-order valence-corrected chi connectivity index (χ1v) is 9.99. The Morgan fingerprint density at radius 2 is 1.96 bits per heavy atom. The number of nitrogens with zero attached hydrogens (tertiary/aromatic N) is 2. The molecule has 0 saturated heterocycles. The number of thioether (sulfide) groups is 1. The first-order valence-electron chi connectivity index (χ1n) is 8.60. The normalized spacial score (nSPS) is 11.1. The van der Waals surface area contributed by atoms with Crippen LogP contribution in [-0.4, -0.2) is 16.2 Å². The number of furan rings is 1. The van der Waals surface area contributed by atoms with Gasteiger partial charge >= 0.3 is 0 Å². The topological polar surface area (TPSA) is 51.0 Å². The standard InChI is InChI=1S/C21H17F2N3OS/c1-12-7-13(11-28-2)9-14(8-12)25-21-24-10-18(23)19(26-21)16-3-4-17(22)15-5-6-27-20(15)16/h3-10H,11H2,1-2H3,(H,24,25,26). The van der Waals surface area contributed by atoms with E-state index in [1.54, 1.807) is 11.8 Å². The number of halogens is 2. The molecule has 2 aromatic heterocycles. The number of fused-ring (bicyclic) bond motifs is 1. The van der Waals surface area contributed by atoms with Crippen molar-refractivity contribution in [2.24, 2.45) is 0 Å². The van der Waals surface area contributed by atoms with Crippen molar-refractivity contribution < 1.29 is 13.2 Å². The second kappa shape index (κ2) is 7.59. The molecule has 4 rings (SSSR count). The molecule has 0 spiro atoms. The lowest BCUT2D eigenvalue weighted by Gasteiger charge is -2.10. The number of aryl methyl sites for hydroxylation is 1. The molecular weight excluding hydrogens is 380 g/mol. The summed E-state index contributed by atoms with van der Waals surface area (Å²) in [5, 5.41) is 3.41. The van der Waals surface area contributed by atoms with Gasteiger partial charge in [0.15, 0.2) is 5.82 Å². The fourth-order valence-electron chi connectivity index (χ4n) is 3.14. The molecule has 28 heavy (non-hydrogen) atoms. The third kappa shape index (κ3) is 3.57. The van der Waals surface area contributed by atoms with Crippen LogP contribution in [0.2, 0.25) is 0 Å². The molecule has 0 radical (unpaired) electrons. The molecule has 0 aliphatic carbocycles. The van der Waals surface area contributed by atoms with Crippen LogP contribution < -0.4 is 5.32 Å². The summed E-state index contributed by atoms with van der Waals surface area (Å²) in [7, 11) is 0. The highest BCUT2D eigenvalue weighted by Crippen LogP contribution is 2.32. The van der Waals surface area contributed by atoms with Gasteiger partial charge in [-0.2, -0.15) is 11.8 Å². The van der Waals surface area contributed by atoms with E-state index < -0.39 is 11.6 Å². The zero-order valence-corrected chi connectivity index (χ0v) is 16.1. The smallest absolute Gasteiger partial charge is 0.227 e. The van der Waals surface area contributed by atoms with Crippen LogP contribution in [0.3, 0.4) is 0 Å². The van der Waals surface area contributed by atoms with Crippen LogP contribution in [-0.2, 0) is 5.75 Å². The Morgan fingerprint density at radius 1 is 1.11 bits per heavy atom. The quantitative estimate of drug-likeness (QED) is 0.442. The predicted molar refractivity (Wildman–Crippen MR) is 109 cm³/mol. The number of hydrogen-bond acceptors (Lipinski definition) is 5. The van der Waals surface area contributed by atoms with Gasteiger partial charge in [-0.15, -0.1) is 0 Å². The summed E-state index contributed by atoms with van der Waals surface area (Å²) in [6, 6.07) is 10.3. The molecular formula is C21H17F2N3OS. The average Bonchev–Trinajstić information content (AvgIpc) is 3.15. The molecule has 0 aliphatic rings. The van der Waals surface area contributed by atoms with Crippen molar-refractivity contribution in [3.05, 3.63) is 71.6 Å². The van der Waals surface area contributed by atoms with E-state index >= 15 is 0 Å². The monoisotopic (exact) mass is 397 g/mol. The van der Waals surface area contributed by atoms with Crippen LogP contribution in [0.25, 0.3) is 22.2 Å². The lowest BCUT2D eigenvalue weighted by molar-refractivity contribution is 0.605. The zero-order valence-electron chi connectivity index (χ0n) is 15.3. The maximum Gasteiger partial charge on any atom is 0.227 e. The van der Waals surface area contributed by atoms with E-state index in [9.17, 15) is 8.78 Å². The number of rotatable bonds is 5. The van der Waals surface area contributed by atoms with Crippen molar-refractivity contribution in [3.63, 3.8) is 0 Å². The second-order valence-electron chi connectivity index (χ2n) is 6.41. The molecule has 7 heteroatoms. The molecule has 0 fully saturated rings. The number of anilines is 2. The van der Waals surface area contributed by atoms with Gasteiger partial charge in [0.05, 0.1) is 17.8 Å². The third-order valence-corrected chi connectivity index (χ3v) is 4.89. The van der Waals surface area contributed by atoms with Crippen molar-refractivity contribution in [2.75, 3.05) is 11.6 Å². The summed E-state index contributed by atoms with van der Waals surface area (Å²) in [5.74, 6) is 0.0995. The summed E-state index contributed by atoms with van der Waals surface area (Å²) in [5.41, 5.74) is 3.77. The van der Waals surface area contributed by atoms with Gasteiger partial charge in [-0.1, -0.05) is 6.07 Å². The Kier molecular flexibility index (Phi) is 5.00. The van der Waals surface area contributed by atoms with E-state index in [0.29, 0.717) is 5.56 Å². The van der Waals surface area contributed by atoms with Crippen molar-refractivity contribution in [3.8, 4) is 11.3 Å². The van der Waals surface area contributed by atoms with Crippen LogP contribution in [0.4, 0.5) is 20.4 Å². The first kappa shape index (κ1) is 18.4. The third-order valence-electron chi connectivity index (χ3n) is 4.27. The van der Waals surface area contributed by atoms with Gasteiger partial charge in [0.25, 0.3) is 0 Å². The largest absolute Gasteiger partial charge is 0.464 e. The van der Waals surface area contributed by atoms with E-state index in [-0.39, 0.29) is 22.6 Å². The molecule has 2 heterocycles. The highest BCUT2D eigenvalue weighted by atomic mass is 32.2. The lowest BCUT2D eigenvalue weighted by atomic mass is 10.1. The minimum Gasteiger partial charge on any atom is -0.464 e. The average molecular weight is 397 g/mol. The minimum absolute atomic E-state index is 0.0504. The van der Waals surface area contributed by atoms with Gasteiger partial charge in [-0.3, -0.25) is 0 Å². The SMILES string of the molecule is CSCc1cc(C)cc(Nc2ncc(F)c(-c3ccc(F)c4ccoc34)n2)c1. The van der Waals surface area contributed by atoms with Gasteiger partial charge in [0.1, 0.15) is 17.1 Å². The summed E-state index contributed by atoms with van der Waals surface area (Å²) in [4.78, 5) is 8.36. The summed E-state index contributed by atoms with van der Waals surface area (Å²) in [6.07, 6.45) is 4.51. The summed E-state index contributed by atoms with van der Waals surface area (Å²) in [6.45, 7) is 2.01. The van der Waals surface area contributed by atoms with Crippen LogP contribution >= 0.6 is 11.8 Å². The molecule has 0 saturated carbocycles. The Balaban J connectivity index is 1.74. The minimum atomic E-state index is -0.609. The number of nitrogens with one attached hydrogen (secondary N) is 1. The van der Waals surface area contributed by atoms with Crippen LogP contribution in [0.5, 0.6) is 0 Å². The van der Waals surface area contributed by atoms with Gasteiger partial charge in [0.2, 0.25) is 5.95 Å². The fraction of sp³-hybridized carbons (Fsp3) is 0.143. The molecule has 0 bridgehead atoms. The van der Waals surface area contributed by atoms with Gasteiger partial charge in [-0.05, 0) is 54.6 Å². The number of aromatic nitrogens is 2. The maximum atomic E-state index is 14.5. The Hall–Kier alpha value is -2.93. The van der Waals surface area contributed by atoms with Crippen LogP contribution in [0.1, 0.15) is 11.1 Å². The fourth-order valence-corrected chi connectivity index (χ4v) is 3.64. The van der Waals surface area contributed by atoms with Gasteiger partial charge in [0, 0.05) is 17.0 Å². The van der Waals surface area contributed by atoms with E-state index in [4.69, 9.17) is 4.42 Å². The molecule has 4 nitrogen and oxygen atoms in total. The second-order valence-corrected chi connectivity index (χ2v) is 7.28.